The van der Waals surface area contributed by atoms with E-state index < -0.39 is 0 Å². The number of anilines is 1. The van der Waals surface area contributed by atoms with Gasteiger partial charge in [-0.1, -0.05) is 67.6 Å². The monoisotopic (exact) mass is 367 g/mol. The Hall–Kier alpha value is -2.73. The van der Waals surface area contributed by atoms with Crippen LogP contribution in [-0.2, 0) is 4.79 Å². The summed E-state index contributed by atoms with van der Waals surface area (Å²) >= 11 is 1.34. The molecular weight excluding hydrogens is 346 g/mol. The predicted octanol–water partition coefficient (Wildman–Crippen LogP) is 4.65. The third-order valence-electron chi connectivity index (χ3n) is 3.84. The molecule has 6 heteroatoms. The number of aryl methyl sites for hydroxylation is 1. The van der Waals surface area contributed by atoms with E-state index in [0.29, 0.717) is 11.0 Å². The number of nitrogens with zero attached hydrogens (tertiary/aromatic N) is 2. The summed E-state index contributed by atoms with van der Waals surface area (Å²) in [5, 5.41) is 12.1. The normalized spacial score (nSPS) is 10.8. The lowest BCUT2D eigenvalue weighted by Gasteiger charge is -2.14. The molecule has 0 radical (unpaired) electrons. The van der Waals surface area contributed by atoms with Crippen molar-refractivity contribution in [3.8, 4) is 16.3 Å². The molecule has 0 aliphatic heterocycles. The smallest absolute Gasteiger partial charge is 0.264 e. The van der Waals surface area contributed by atoms with E-state index in [1.807, 2.05) is 49.4 Å². The van der Waals surface area contributed by atoms with E-state index in [4.69, 9.17) is 4.74 Å². The molecule has 2 aromatic carbocycles. The van der Waals surface area contributed by atoms with Crippen LogP contribution in [0.2, 0.25) is 0 Å². The van der Waals surface area contributed by atoms with Gasteiger partial charge in [0.15, 0.2) is 6.61 Å². The zero-order chi connectivity index (χ0) is 18.5. The summed E-state index contributed by atoms with van der Waals surface area (Å²) in [5.41, 5.74) is 3.16. The van der Waals surface area contributed by atoms with Gasteiger partial charge in [-0.2, -0.15) is 0 Å². The second kappa shape index (κ2) is 8.10. The minimum absolute atomic E-state index is 0.0660. The second-order valence-electron chi connectivity index (χ2n) is 6.31. The molecule has 0 saturated heterocycles. The Labute approximate surface area is 157 Å². The average molecular weight is 367 g/mol. The summed E-state index contributed by atoms with van der Waals surface area (Å²) in [6.45, 7) is 6.14. The fourth-order valence-electron chi connectivity index (χ4n) is 2.51. The lowest BCUT2D eigenvalue weighted by molar-refractivity contribution is -0.118. The van der Waals surface area contributed by atoms with Gasteiger partial charge in [-0.05, 0) is 30.0 Å². The van der Waals surface area contributed by atoms with Crippen LogP contribution in [0.1, 0.15) is 30.9 Å². The SMILES string of the molecule is Cc1ccc(C(C)C)c(OCC(=O)Nc2nnc(-c3ccccc3)s2)c1. The molecule has 0 aliphatic rings. The molecule has 3 aromatic rings. The number of ether oxygens (including phenoxy) is 1. The third-order valence-corrected chi connectivity index (χ3v) is 4.73. The minimum Gasteiger partial charge on any atom is -0.483 e. The number of hydrogen-bond acceptors (Lipinski definition) is 5. The topological polar surface area (TPSA) is 64.1 Å². The van der Waals surface area contributed by atoms with Gasteiger partial charge in [0.25, 0.3) is 5.91 Å². The summed E-state index contributed by atoms with van der Waals surface area (Å²) in [6, 6.07) is 15.8. The largest absolute Gasteiger partial charge is 0.483 e. The van der Waals surface area contributed by atoms with E-state index in [0.717, 1.165) is 27.4 Å². The predicted molar refractivity (Wildman–Crippen MR) is 105 cm³/mol. The summed E-state index contributed by atoms with van der Waals surface area (Å²) in [6.07, 6.45) is 0. The van der Waals surface area contributed by atoms with E-state index in [1.165, 1.54) is 11.3 Å². The number of carbonyl (C=O) groups excluding carboxylic acids is 1. The number of rotatable bonds is 6. The first-order valence-electron chi connectivity index (χ1n) is 8.45. The Kier molecular flexibility index (Phi) is 5.63. The first-order valence-corrected chi connectivity index (χ1v) is 9.26. The van der Waals surface area contributed by atoms with Crippen LogP contribution in [0.15, 0.2) is 48.5 Å². The van der Waals surface area contributed by atoms with Crippen LogP contribution in [-0.4, -0.2) is 22.7 Å². The quantitative estimate of drug-likeness (QED) is 0.688. The van der Waals surface area contributed by atoms with Crippen molar-refractivity contribution >= 4 is 22.4 Å². The molecule has 0 aliphatic carbocycles. The molecule has 0 atom stereocenters. The maximum absolute atomic E-state index is 12.2. The molecule has 0 unspecified atom stereocenters. The maximum atomic E-state index is 12.2. The van der Waals surface area contributed by atoms with Crippen molar-refractivity contribution in [3.05, 3.63) is 59.7 Å². The number of aromatic nitrogens is 2. The van der Waals surface area contributed by atoms with Gasteiger partial charge in [0.1, 0.15) is 10.8 Å². The Morgan fingerprint density at radius 2 is 1.92 bits per heavy atom. The van der Waals surface area contributed by atoms with Crippen LogP contribution in [0, 0.1) is 6.92 Å². The van der Waals surface area contributed by atoms with Gasteiger partial charge < -0.3 is 4.74 Å². The van der Waals surface area contributed by atoms with Crippen LogP contribution in [0.3, 0.4) is 0 Å². The molecule has 134 valence electrons. The second-order valence-corrected chi connectivity index (χ2v) is 7.29. The molecular formula is C20H21N3O2S. The van der Waals surface area contributed by atoms with E-state index in [1.54, 1.807) is 0 Å². The fourth-order valence-corrected chi connectivity index (χ4v) is 3.28. The van der Waals surface area contributed by atoms with Gasteiger partial charge in [-0.15, -0.1) is 10.2 Å². The van der Waals surface area contributed by atoms with Gasteiger partial charge in [0.05, 0.1) is 0 Å². The van der Waals surface area contributed by atoms with Gasteiger partial charge in [-0.3, -0.25) is 10.1 Å². The van der Waals surface area contributed by atoms with Crippen molar-refractivity contribution in [2.75, 3.05) is 11.9 Å². The number of nitrogens with one attached hydrogen (secondary N) is 1. The molecule has 3 rings (SSSR count). The number of amides is 1. The van der Waals surface area contributed by atoms with E-state index in [-0.39, 0.29) is 12.5 Å². The molecule has 1 N–H and O–H groups in total. The van der Waals surface area contributed by atoms with Gasteiger partial charge >= 0.3 is 0 Å². The lowest BCUT2D eigenvalue weighted by atomic mass is 10.0. The Morgan fingerprint density at radius 1 is 1.15 bits per heavy atom. The van der Waals surface area contributed by atoms with Crippen molar-refractivity contribution in [1.29, 1.82) is 0 Å². The minimum atomic E-state index is -0.253. The standard InChI is InChI=1S/C20H21N3O2S/c1-13(2)16-10-9-14(3)11-17(16)25-12-18(24)21-20-23-22-19(26-20)15-7-5-4-6-8-15/h4-11,13H,12H2,1-3H3,(H,21,23,24). The van der Waals surface area contributed by atoms with Gasteiger partial charge in [0, 0.05) is 5.56 Å². The van der Waals surface area contributed by atoms with Crippen molar-refractivity contribution in [1.82, 2.24) is 10.2 Å². The highest BCUT2D eigenvalue weighted by atomic mass is 32.1. The summed E-state index contributed by atoms with van der Waals surface area (Å²) in [7, 11) is 0. The highest BCUT2D eigenvalue weighted by molar-refractivity contribution is 7.18. The summed E-state index contributed by atoms with van der Waals surface area (Å²) < 4.78 is 5.75. The van der Waals surface area contributed by atoms with Gasteiger partial charge in [-0.25, -0.2) is 0 Å². The third kappa shape index (κ3) is 4.46. The molecule has 1 heterocycles. The number of hydrogen-bond donors (Lipinski definition) is 1. The molecule has 5 nitrogen and oxygen atoms in total. The van der Waals surface area contributed by atoms with Crippen LogP contribution < -0.4 is 10.1 Å². The van der Waals surface area contributed by atoms with Crippen LogP contribution in [0.5, 0.6) is 5.75 Å². The van der Waals surface area contributed by atoms with Gasteiger partial charge in [0.2, 0.25) is 5.13 Å². The van der Waals surface area contributed by atoms with Crippen molar-refractivity contribution in [3.63, 3.8) is 0 Å². The molecule has 0 bridgehead atoms. The first kappa shape index (κ1) is 18.1. The van der Waals surface area contributed by atoms with Crippen molar-refractivity contribution < 1.29 is 9.53 Å². The molecule has 1 amide bonds. The van der Waals surface area contributed by atoms with Crippen LogP contribution >= 0.6 is 11.3 Å². The molecule has 1 aromatic heterocycles. The molecule has 0 saturated carbocycles. The summed E-state index contributed by atoms with van der Waals surface area (Å²) in [5.74, 6) is 0.819. The number of carbonyl (C=O) groups is 1. The van der Waals surface area contributed by atoms with Crippen molar-refractivity contribution in [2.24, 2.45) is 0 Å². The first-order chi connectivity index (χ1) is 12.5. The highest BCUT2D eigenvalue weighted by Crippen LogP contribution is 2.28. The van der Waals surface area contributed by atoms with E-state index in [2.05, 4.69) is 35.4 Å². The lowest BCUT2D eigenvalue weighted by Crippen LogP contribution is -2.20. The Morgan fingerprint density at radius 3 is 2.65 bits per heavy atom. The Balaban J connectivity index is 1.62. The molecule has 0 spiro atoms. The fraction of sp³-hybridized carbons (Fsp3) is 0.250. The zero-order valence-corrected chi connectivity index (χ0v) is 15.8. The van der Waals surface area contributed by atoms with E-state index in [9.17, 15) is 4.79 Å². The maximum Gasteiger partial charge on any atom is 0.264 e. The Bertz CT molecular complexity index is 891. The molecule has 26 heavy (non-hydrogen) atoms. The zero-order valence-electron chi connectivity index (χ0n) is 15.0. The average Bonchev–Trinajstić information content (AvgIpc) is 3.09. The highest BCUT2D eigenvalue weighted by Gasteiger charge is 2.12. The van der Waals surface area contributed by atoms with E-state index >= 15 is 0 Å². The van der Waals surface area contributed by atoms with Crippen LogP contribution in [0.25, 0.3) is 10.6 Å². The summed E-state index contributed by atoms with van der Waals surface area (Å²) in [4.78, 5) is 12.2. The molecule has 0 fully saturated rings. The number of benzene rings is 2. The van der Waals surface area contributed by atoms with Crippen molar-refractivity contribution in [2.45, 2.75) is 26.7 Å². The van der Waals surface area contributed by atoms with Crippen LogP contribution in [0.4, 0.5) is 5.13 Å².